The van der Waals surface area contributed by atoms with Crippen molar-refractivity contribution in [1.82, 2.24) is 14.9 Å². The van der Waals surface area contributed by atoms with E-state index < -0.39 is 0 Å². The average Bonchev–Trinajstić information content (AvgIpc) is 3.30. The first-order chi connectivity index (χ1) is 12.1. The minimum Gasteiger partial charge on any atom is -0.342 e. The van der Waals surface area contributed by atoms with Gasteiger partial charge in [-0.05, 0) is 17.0 Å². The predicted molar refractivity (Wildman–Crippen MR) is 97.5 cm³/mol. The van der Waals surface area contributed by atoms with E-state index in [1.165, 1.54) is 11.3 Å². The van der Waals surface area contributed by atoms with Crippen molar-refractivity contribution < 1.29 is 9.59 Å². The van der Waals surface area contributed by atoms with Gasteiger partial charge in [-0.15, -0.1) is 11.3 Å². The Kier molecular flexibility index (Phi) is 5.40. The van der Waals surface area contributed by atoms with Crippen molar-refractivity contribution in [3.63, 3.8) is 0 Å². The number of nitrogens with zero attached hydrogens (tertiary/aromatic N) is 2. The normalized spacial score (nSPS) is 11.9. The van der Waals surface area contributed by atoms with E-state index in [0.717, 1.165) is 11.4 Å². The van der Waals surface area contributed by atoms with Crippen LogP contribution in [0.1, 0.15) is 39.9 Å². The molecular weight excluding hydrogens is 334 g/mol. The fourth-order valence-electron chi connectivity index (χ4n) is 2.62. The summed E-state index contributed by atoms with van der Waals surface area (Å²) in [4.78, 5) is 29.5. The van der Waals surface area contributed by atoms with E-state index >= 15 is 0 Å². The van der Waals surface area contributed by atoms with E-state index in [1.54, 1.807) is 12.3 Å². The van der Waals surface area contributed by atoms with Gasteiger partial charge >= 0.3 is 0 Å². The number of hydrogen-bond acceptors (Lipinski definition) is 4. The summed E-state index contributed by atoms with van der Waals surface area (Å²) in [5, 5.41) is 4.87. The number of thiophene rings is 1. The number of aryl methyl sites for hydroxylation is 1. The van der Waals surface area contributed by atoms with Gasteiger partial charge in [0.1, 0.15) is 11.9 Å². The van der Waals surface area contributed by atoms with Gasteiger partial charge in [-0.2, -0.15) is 0 Å². The van der Waals surface area contributed by atoms with E-state index in [-0.39, 0.29) is 30.6 Å². The lowest BCUT2D eigenvalue weighted by Crippen LogP contribution is -2.31. The number of aromatic nitrogens is 2. The van der Waals surface area contributed by atoms with E-state index in [9.17, 15) is 9.59 Å². The highest BCUT2D eigenvalue weighted by Crippen LogP contribution is 2.20. The number of hydrogen-bond donors (Lipinski definition) is 1. The van der Waals surface area contributed by atoms with Crippen LogP contribution in [0.3, 0.4) is 0 Å². The quantitative estimate of drug-likeness (QED) is 0.663. The molecule has 1 aromatic carbocycles. The molecule has 0 aliphatic rings. The van der Waals surface area contributed by atoms with Crippen LogP contribution in [0.2, 0.25) is 0 Å². The third-order valence-electron chi connectivity index (χ3n) is 3.93. The van der Waals surface area contributed by atoms with Crippen molar-refractivity contribution in [2.75, 3.05) is 0 Å². The zero-order valence-corrected chi connectivity index (χ0v) is 14.7. The Labute approximate surface area is 150 Å². The van der Waals surface area contributed by atoms with Crippen LogP contribution < -0.4 is 5.32 Å². The second-order valence-corrected chi connectivity index (χ2v) is 6.66. The molecule has 2 aromatic heterocycles. The molecule has 3 rings (SSSR count). The lowest BCUT2D eigenvalue weighted by molar-refractivity contribution is -0.121. The van der Waals surface area contributed by atoms with Crippen LogP contribution in [0.4, 0.5) is 0 Å². The maximum Gasteiger partial charge on any atom is 0.221 e. The van der Waals surface area contributed by atoms with Gasteiger partial charge in [0.05, 0.1) is 4.88 Å². The van der Waals surface area contributed by atoms with Crippen LogP contribution in [-0.4, -0.2) is 21.2 Å². The van der Waals surface area contributed by atoms with Crippen molar-refractivity contribution in [3.05, 3.63) is 76.5 Å². The van der Waals surface area contributed by atoms with Gasteiger partial charge in [0.2, 0.25) is 5.91 Å². The third-order valence-corrected chi connectivity index (χ3v) is 4.84. The van der Waals surface area contributed by atoms with Crippen molar-refractivity contribution >= 4 is 23.0 Å². The molecule has 128 valence electrons. The fourth-order valence-corrected chi connectivity index (χ4v) is 3.31. The van der Waals surface area contributed by atoms with E-state index in [4.69, 9.17) is 0 Å². The SMILES string of the molecule is Cn1ccnc1[C@@H](NC(=O)CCC(=O)c1cccs1)c1ccccc1. The van der Waals surface area contributed by atoms with Crippen LogP contribution in [0.5, 0.6) is 0 Å². The number of rotatable bonds is 7. The maximum atomic E-state index is 12.4. The molecule has 0 aliphatic carbocycles. The Morgan fingerprint density at radius 2 is 1.96 bits per heavy atom. The molecule has 0 saturated heterocycles. The Balaban J connectivity index is 1.69. The molecule has 6 heteroatoms. The summed E-state index contributed by atoms with van der Waals surface area (Å²) in [6.45, 7) is 0. The number of carbonyl (C=O) groups is 2. The molecule has 2 heterocycles. The highest BCUT2D eigenvalue weighted by atomic mass is 32.1. The zero-order valence-electron chi connectivity index (χ0n) is 13.9. The number of benzene rings is 1. The monoisotopic (exact) mass is 353 g/mol. The van der Waals surface area contributed by atoms with Crippen LogP contribution >= 0.6 is 11.3 Å². The van der Waals surface area contributed by atoms with Crippen LogP contribution in [0.15, 0.2) is 60.2 Å². The van der Waals surface area contributed by atoms with E-state index in [1.807, 2.05) is 59.6 Å². The average molecular weight is 353 g/mol. The predicted octanol–water partition coefficient (Wildman–Crippen LogP) is 3.35. The number of Topliss-reactive ketones (excluding diaryl/α,β-unsaturated/α-hetero) is 1. The molecule has 3 aromatic rings. The first-order valence-corrected chi connectivity index (χ1v) is 8.91. The molecular formula is C19H19N3O2S. The highest BCUT2D eigenvalue weighted by Gasteiger charge is 2.21. The minimum absolute atomic E-state index is 0.00148. The van der Waals surface area contributed by atoms with Gasteiger partial charge in [-0.25, -0.2) is 4.98 Å². The lowest BCUT2D eigenvalue weighted by atomic mass is 10.1. The van der Waals surface area contributed by atoms with Crippen molar-refractivity contribution in [1.29, 1.82) is 0 Å². The van der Waals surface area contributed by atoms with E-state index in [0.29, 0.717) is 4.88 Å². The number of nitrogens with one attached hydrogen (secondary N) is 1. The second kappa shape index (κ2) is 7.90. The second-order valence-electron chi connectivity index (χ2n) is 5.71. The minimum atomic E-state index is -0.342. The van der Waals surface area contributed by atoms with Crippen molar-refractivity contribution in [2.24, 2.45) is 7.05 Å². The van der Waals surface area contributed by atoms with E-state index in [2.05, 4.69) is 10.3 Å². The summed E-state index contributed by atoms with van der Waals surface area (Å²) in [6, 6.07) is 13.0. The van der Waals surface area contributed by atoms with Crippen LogP contribution in [0.25, 0.3) is 0 Å². The molecule has 0 unspecified atom stereocenters. The molecule has 0 radical (unpaired) electrons. The van der Waals surface area contributed by atoms with Gasteiger partial charge in [-0.3, -0.25) is 9.59 Å². The number of amides is 1. The van der Waals surface area contributed by atoms with Gasteiger partial charge in [0, 0.05) is 32.3 Å². The smallest absolute Gasteiger partial charge is 0.221 e. The molecule has 1 amide bonds. The molecule has 0 aliphatic heterocycles. The van der Waals surface area contributed by atoms with Gasteiger partial charge in [-0.1, -0.05) is 36.4 Å². The standard InChI is InChI=1S/C19H19N3O2S/c1-22-12-11-20-19(22)18(14-6-3-2-4-7-14)21-17(24)10-9-15(23)16-8-5-13-25-16/h2-8,11-13,18H,9-10H2,1H3,(H,21,24)/t18-/m0/s1. The summed E-state index contributed by atoms with van der Waals surface area (Å²) in [7, 11) is 1.89. The number of imidazole rings is 1. The molecule has 25 heavy (non-hydrogen) atoms. The summed E-state index contributed by atoms with van der Waals surface area (Å²) >= 11 is 1.40. The Bertz CT molecular complexity index is 841. The number of ketones is 1. The van der Waals surface area contributed by atoms with Gasteiger partial charge in [0.15, 0.2) is 5.78 Å². The largest absolute Gasteiger partial charge is 0.342 e. The summed E-state index contributed by atoms with van der Waals surface area (Å²) < 4.78 is 1.88. The highest BCUT2D eigenvalue weighted by molar-refractivity contribution is 7.12. The fraction of sp³-hybridized carbons (Fsp3) is 0.211. The molecule has 1 N–H and O–H groups in total. The Morgan fingerprint density at radius 1 is 1.16 bits per heavy atom. The zero-order chi connectivity index (χ0) is 17.6. The Hall–Kier alpha value is -2.73. The lowest BCUT2D eigenvalue weighted by Gasteiger charge is -2.19. The molecule has 5 nitrogen and oxygen atoms in total. The van der Waals surface area contributed by atoms with Gasteiger partial charge in [0.25, 0.3) is 0 Å². The number of carbonyl (C=O) groups excluding carboxylic acids is 2. The third kappa shape index (κ3) is 4.22. The summed E-state index contributed by atoms with van der Waals surface area (Å²) in [5.74, 6) is 0.587. The molecule has 0 fully saturated rings. The van der Waals surface area contributed by atoms with Crippen molar-refractivity contribution in [2.45, 2.75) is 18.9 Å². The van der Waals surface area contributed by atoms with Gasteiger partial charge < -0.3 is 9.88 Å². The first kappa shape index (κ1) is 17.1. The van der Waals surface area contributed by atoms with Crippen molar-refractivity contribution in [3.8, 4) is 0 Å². The molecule has 1 atom stereocenters. The molecule has 0 bridgehead atoms. The topological polar surface area (TPSA) is 64.0 Å². The molecule has 0 spiro atoms. The summed E-state index contributed by atoms with van der Waals surface area (Å²) in [6.07, 6.45) is 3.91. The Morgan fingerprint density at radius 3 is 2.60 bits per heavy atom. The summed E-state index contributed by atoms with van der Waals surface area (Å²) in [5.41, 5.74) is 0.953. The molecule has 0 saturated carbocycles. The van der Waals surface area contributed by atoms with Crippen LogP contribution in [0, 0.1) is 0 Å². The van der Waals surface area contributed by atoms with Crippen LogP contribution in [-0.2, 0) is 11.8 Å². The first-order valence-electron chi connectivity index (χ1n) is 8.03. The maximum absolute atomic E-state index is 12.4.